The minimum Gasteiger partial charge on any atom is -0.395 e. The van der Waals surface area contributed by atoms with Crippen molar-refractivity contribution >= 4 is 5.69 Å². The van der Waals surface area contributed by atoms with Crippen LogP contribution in [0.1, 0.15) is 51.8 Å². The predicted octanol–water partition coefficient (Wildman–Crippen LogP) is 2.48. The second-order valence-corrected chi connectivity index (χ2v) is 4.84. The summed E-state index contributed by atoms with van der Waals surface area (Å²) in [7, 11) is 0. The van der Waals surface area contributed by atoms with E-state index in [-0.39, 0.29) is 12.6 Å². The summed E-state index contributed by atoms with van der Waals surface area (Å²) in [6.45, 7) is 7.21. The SMILES string of the molecule is CCC(CC)N(CCO)c1ccc([C@@H](N)CC)nc1. The summed E-state index contributed by atoms with van der Waals surface area (Å²) in [5, 5.41) is 9.24. The molecule has 4 heteroatoms. The van der Waals surface area contributed by atoms with Crippen LogP contribution in [0.25, 0.3) is 0 Å². The minimum absolute atomic E-state index is 0.00786. The van der Waals surface area contributed by atoms with Gasteiger partial charge in [-0.2, -0.15) is 0 Å². The highest BCUT2D eigenvalue weighted by atomic mass is 16.3. The summed E-state index contributed by atoms with van der Waals surface area (Å²) < 4.78 is 0. The summed E-state index contributed by atoms with van der Waals surface area (Å²) in [6, 6.07) is 4.51. The molecule has 1 aromatic rings. The van der Waals surface area contributed by atoms with Crippen LogP contribution in [0, 0.1) is 0 Å². The number of pyridine rings is 1. The molecule has 0 aliphatic heterocycles. The first-order chi connectivity index (χ1) is 9.17. The average Bonchev–Trinajstić information content (AvgIpc) is 2.47. The van der Waals surface area contributed by atoms with Gasteiger partial charge in [-0.3, -0.25) is 4.98 Å². The highest BCUT2D eigenvalue weighted by Gasteiger charge is 2.16. The van der Waals surface area contributed by atoms with E-state index in [1.54, 1.807) is 0 Å². The molecule has 0 saturated heterocycles. The largest absolute Gasteiger partial charge is 0.395 e. The van der Waals surface area contributed by atoms with Crippen LogP contribution >= 0.6 is 0 Å². The Hall–Kier alpha value is -1.13. The van der Waals surface area contributed by atoms with Gasteiger partial charge in [0.2, 0.25) is 0 Å². The van der Waals surface area contributed by atoms with Gasteiger partial charge in [-0.25, -0.2) is 0 Å². The van der Waals surface area contributed by atoms with Gasteiger partial charge in [0, 0.05) is 18.6 Å². The van der Waals surface area contributed by atoms with Crippen LogP contribution in [-0.4, -0.2) is 29.3 Å². The van der Waals surface area contributed by atoms with Gasteiger partial charge in [-0.1, -0.05) is 20.8 Å². The van der Waals surface area contributed by atoms with Crippen LogP contribution in [-0.2, 0) is 0 Å². The number of aromatic nitrogens is 1. The molecule has 0 amide bonds. The number of rotatable bonds is 8. The van der Waals surface area contributed by atoms with Crippen molar-refractivity contribution in [2.24, 2.45) is 5.73 Å². The summed E-state index contributed by atoms with van der Waals surface area (Å²) in [4.78, 5) is 6.69. The Balaban J connectivity index is 2.90. The first-order valence-electron chi connectivity index (χ1n) is 7.26. The Labute approximate surface area is 116 Å². The van der Waals surface area contributed by atoms with E-state index in [0.29, 0.717) is 12.6 Å². The van der Waals surface area contributed by atoms with Crippen molar-refractivity contribution in [3.63, 3.8) is 0 Å². The van der Waals surface area contributed by atoms with Crippen molar-refractivity contribution in [1.82, 2.24) is 4.98 Å². The van der Waals surface area contributed by atoms with Crippen LogP contribution in [0.15, 0.2) is 18.3 Å². The van der Waals surface area contributed by atoms with Gasteiger partial charge in [-0.15, -0.1) is 0 Å². The molecule has 0 aliphatic rings. The molecule has 0 fully saturated rings. The summed E-state index contributed by atoms with van der Waals surface area (Å²) in [5.74, 6) is 0. The van der Waals surface area contributed by atoms with Crippen molar-refractivity contribution in [2.75, 3.05) is 18.1 Å². The van der Waals surface area contributed by atoms with E-state index in [0.717, 1.165) is 30.6 Å². The monoisotopic (exact) mass is 265 g/mol. The Kier molecular flexibility index (Phi) is 6.81. The Bertz CT molecular complexity index is 349. The average molecular weight is 265 g/mol. The van der Waals surface area contributed by atoms with E-state index in [4.69, 9.17) is 5.73 Å². The topological polar surface area (TPSA) is 62.4 Å². The van der Waals surface area contributed by atoms with Crippen LogP contribution in [0.2, 0.25) is 0 Å². The molecule has 1 atom stereocenters. The van der Waals surface area contributed by atoms with Gasteiger partial charge in [0.25, 0.3) is 0 Å². The minimum atomic E-state index is 0.00786. The molecule has 0 saturated carbocycles. The summed E-state index contributed by atoms with van der Waals surface area (Å²) in [6.07, 6.45) is 4.89. The molecule has 0 aliphatic carbocycles. The molecule has 108 valence electrons. The molecule has 0 bridgehead atoms. The number of hydrogen-bond donors (Lipinski definition) is 2. The smallest absolute Gasteiger partial charge is 0.0606 e. The van der Waals surface area contributed by atoms with Crippen molar-refractivity contribution in [3.8, 4) is 0 Å². The van der Waals surface area contributed by atoms with E-state index in [2.05, 4.69) is 36.7 Å². The maximum atomic E-state index is 9.24. The molecule has 1 heterocycles. The molecule has 1 aromatic heterocycles. The molecule has 0 spiro atoms. The lowest BCUT2D eigenvalue weighted by atomic mass is 10.1. The van der Waals surface area contributed by atoms with Gasteiger partial charge in [0.15, 0.2) is 0 Å². The second kappa shape index (κ2) is 8.12. The Morgan fingerprint density at radius 2 is 1.89 bits per heavy atom. The molecule has 0 radical (unpaired) electrons. The Morgan fingerprint density at radius 1 is 1.21 bits per heavy atom. The third-order valence-electron chi connectivity index (χ3n) is 3.65. The molecule has 0 aromatic carbocycles. The fourth-order valence-corrected chi connectivity index (χ4v) is 2.36. The van der Waals surface area contributed by atoms with Gasteiger partial charge >= 0.3 is 0 Å². The van der Waals surface area contributed by atoms with Crippen LogP contribution in [0.3, 0.4) is 0 Å². The number of nitrogens with two attached hydrogens (primary N) is 1. The lowest BCUT2D eigenvalue weighted by molar-refractivity contribution is 0.296. The fourth-order valence-electron chi connectivity index (χ4n) is 2.36. The molecular weight excluding hydrogens is 238 g/mol. The Morgan fingerprint density at radius 3 is 2.32 bits per heavy atom. The lowest BCUT2D eigenvalue weighted by Crippen LogP contribution is -2.36. The fraction of sp³-hybridized carbons (Fsp3) is 0.667. The molecule has 4 nitrogen and oxygen atoms in total. The van der Waals surface area contributed by atoms with Crippen molar-refractivity contribution in [3.05, 3.63) is 24.0 Å². The van der Waals surface area contributed by atoms with E-state index in [9.17, 15) is 5.11 Å². The third kappa shape index (κ3) is 4.18. The van der Waals surface area contributed by atoms with Crippen molar-refractivity contribution < 1.29 is 5.11 Å². The standard InChI is InChI=1S/C15H27N3O/c1-4-12(5-2)18(9-10-19)13-7-8-15(17-11-13)14(16)6-3/h7-8,11-12,14,19H,4-6,9-10,16H2,1-3H3/t14-/m0/s1. The zero-order chi connectivity index (χ0) is 14.3. The van der Waals surface area contributed by atoms with Crippen LogP contribution in [0.4, 0.5) is 5.69 Å². The van der Waals surface area contributed by atoms with Gasteiger partial charge in [-0.05, 0) is 31.4 Å². The zero-order valence-electron chi connectivity index (χ0n) is 12.3. The molecule has 0 unspecified atom stereocenters. The number of aliphatic hydroxyl groups is 1. The molecule has 1 rings (SSSR count). The second-order valence-electron chi connectivity index (χ2n) is 4.84. The molecule has 19 heavy (non-hydrogen) atoms. The first kappa shape index (κ1) is 15.9. The van der Waals surface area contributed by atoms with Gasteiger partial charge in [0.05, 0.1) is 24.2 Å². The van der Waals surface area contributed by atoms with Crippen LogP contribution in [0.5, 0.6) is 0 Å². The molecule has 3 N–H and O–H groups in total. The zero-order valence-corrected chi connectivity index (χ0v) is 12.3. The maximum Gasteiger partial charge on any atom is 0.0606 e. The predicted molar refractivity (Wildman–Crippen MR) is 80.3 cm³/mol. The van der Waals surface area contributed by atoms with Crippen molar-refractivity contribution in [2.45, 2.75) is 52.1 Å². The summed E-state index contributed by atoms with van der Waals surface area (Å²) >= 11 is 0. The first-order valence-corrected chi connectivity index (χ1v) is 7.26. The van der Waals surface area contributed by atoms with Crippen LogP contribution < -0.4 is 10.6 Å². The van der Waals surface area contributed by atoms with E-state index in [1.807, 2.05) is 12.3 Å². The van der Waals surface area contributed by atoms with Gasteiger partial charge < -0.3 is 15.7 Å². The quantitative estimate of drug-likeness (QED) is 0.758. The number of hydrogen-bond acceptors (Lipinski definition) is 4. The maximum absolute atomic E-state index is 9.24. The molecular formula is C15H27N3O. The van der Waals surface area contributed by atoms with E-state index in [1.165, 1.54) is 0 Å². The van der Waals surface area contributed by atoms with Gasteiger partial charge in [0.1, 0.15) is 0 Å². The number of aliphatic hydroxyl groups excluding tert-OH is 1. The normalized spacial score (nSPS) is 12.7. The summed E-state index contributed by atoms with van der Waals surface area (Å²) in [5.41, 5.74) is 7.97. The number of anilines is 1. The highest BCUT2D eigenvalue weighted by molar-refractivity contribution is 5.46. The van der Waals surface area contributed by atoms with Crippen molar-refractivity contribution in [1.29, 1.82) is 0 Å². The highest BCUT2D eigenvalue weighted by Crippen LogP contribution is 2.21. The lowest BCUT2D eigenvalue weighted by Gasteiger charge is -2.32. The third-order valence-corrected chi connectivity index (χ3v) is 3.65. The number of nitrogens with zero attached hydrogens (tertiary/aromatic N) is 2. The van der Waals surface area contributed by atoms with E-state index < -0.39 is 0 Å². The van der Waals surface area contributed by atoms with E-state index >= 15 is 0 Å².